The van der Waals surface area contributed by atoms with Gasteiger partial charge in [0.2, 0.25) is 0 Å². The Morgan fingerprint density at radius 2 is 1.79 bits per heavy atom. The minimum absolute atomic E-state index is 0.813. The number of hydrogen-bond donors (Lipinski definition) is 1. The second-order valence-electron chi connectivity index (χ2n) is 5.62. The molecule has 1 heteroatoms. The van der Waals surface area contributed by atoms with E-state index in [1.54, 1.807) is 0 Å². The zero-order valence-corrected chi connectivity index (χ0v) is 11.1. The molecule has 1 fully saturated rings. The van der Waals surface area contributed by atoms with Gasteiger partial charge in [0, 0.05) is 16.6 Å². The number of fused-ring (bicyclic) bond motifs is 1. The molecule has 1 nitrogen and oxygen atoms in total. The second-order valence-corrected chi connectivity index (χ2v) is 5.62. The molecule has 1 heterocycles. The maximum Gasteiger partial charge on any atom is 0.0464 e. The van der Waals surface area contributed by atoms with Crippen molar-refractivity contribution in [3.63, 3.8) is 0 Å². The van der Waals surface area contributed by atoms with Crippen LogP contribution in [-0.4, -0.2) is 4.98 Å². The third kappa shape index (κ3) is 1.86. The Balaban J connectivity index is 1.87. The topological polar surface area (TPSA) is 15.8 Å². The van der Waals surface area contributed by atoms with Gasteiger partial charge in [-0.05, 0) is 60.6 Å². The molecule has 0 amide bonds. The van der Waals surface area contributed by atoms with E-state index < -0.39 is 0 Å². The molecular formula is C18H17N. The van der Waals surface area contributed by atoms with Crippen molar-refractivity contribution in [2.75, 3.05) is 0 Å². The van der Waals surface area contributed by atoms with Gasteiger partial charge in [0.15, 0.2) is 0 Å². The molecule has 0 atom stereocenters. The van der Waals surface area contributed by atoms with Gasteiger partial charge in [0.25, 0.3) is 0 Å². The summed E-state index contributed by atoms with van der Waals surface area (Å²) in [6, 6.07) is 17.5. The van der Waals surface area contributed by atoms with E-state index in [0.29, 0.717) is 0 Å². The van der Waals surface area contributed by atoms with Crippen LogP contribution < -0.4 is 0 Å². The predicted molar refractivity (Wildman–Crippen MR) is 80.4 cm³/mol. The number of rotatable bonds is 2. The first-order valence-electron chi connectivity index (χ1n) is 7.00. The third-order valence-corrected chi connectivity index (χ3v) is 4.11. The SMILES string of the molecule is Cc1cc2cc(-c3ccccc3)[nH]c2cc1C1CC1. The van der Waals surface area contributed by atoms with Gasteiger partial charge in [-0.1, -0.05) is 30.3 Å². The van der Waals surface area contributed by atoms with E-state index in [2.05, 4.69) is 60.4 Å². The first-order valence-corrected chi connectivity index (χ1v) is 7.00. The number of H-pyrrole nitrogens is 1. The Labute approximate surface area is 113 Å². The van der Waals surface area contributed by atoms with Crippen molar-refractivity contribution in [3.05, 3.63) is 59.7 Å². The van der Waals surface area contributed by atoms with Crippen LogP contribution in [-0.2, 0) is 0 Å². The molecule has 0 saturated heterocycles. The van der Waals surface area contributed by atoms with Gasteiger partial charge >= 0.3 is 0 Å². The minimum atomic E-state index is 0.813. The Bertz CT molecular complexity index is 733. The lowest BCUT2D eigenvalue weighted by atomic mass is 10.0. The molecule has 1 aromatic heterocycles. The van der Waals surface area contributed by atoms with Crippen LogP contribution in [0.15, 0.2) is 48.5 Å². The number of hydrogen-bond acceptors (Lipinski definition) is 0. The van der Waals surface area contributed by atoms with Gasteiger partial charge in [-0.25, -0.2) is 0 Å². The fourth-order valence-corrected chi connectivity index (χ4v) is 2.92. The molecule has 1 N–H and O–H groups in total. The fourth-order valence-electron chi connectivity index (χ4n) is 2.92. The van der Waals surface area contributed by atoms with Gasteiger partial charge in [-0.15, -0.1) is 0 Å². The zero-order chi connectivity index (χ0) is 12.8. The highest BCUT2D eigenvalue weighted by Gasteiger charge is 2.25. The number of aromatic amines is 1. The summed E-state index contributed by atoms with van der Waals surface area (Å²) < 4.78 is 0. The standard InChI is InChI=1S/C18H17N/c1-12-9-15-10-17(14-5-3-2-4-6-14)19-18(15)11-16(12)13-7-8-13/h2-6,9-11,13,19H,7-8H2,1H3. The van der Waals surface area contributed by atoms with E-state index in [1.807, 2.05) is 0 Å². The highest BCUT2D eigenvalue weighted by Crippen LogP contribution is 2.42. The number of aryl methyl sites for hydroxylation is 1. The van der Waals surface area contributed by atoms with E-state index >= 15 is 0 Å². The fraction of sp³-hybridized carbons (Fsp3) is 0.222. The molecule has 1 saturated carbocycles. The van der Waals surface area contributed by atoms with Gasteiger partial charge in [0.05, 0.1) is 0 Å². The van der Waals surface area contributed by atoms with Crippen LogP contribution in [0.4, 0.5) is 0 Å². The molecule has 19 heavy (non-hydrogen) atoms. The van der Waals surface area contributed by atoms with Gasteiger partial charge < -0.3 is 4.98 Å². The maximum atomic E-state index is 3.56. The molecule has 1 aliphatic rings. The van der Waals surface area contributed by atoms with Crippen LogP contribution in [0.2, 0.25) is 0 Å². The van der Waals surface area contributed by atoms with Crippen molar-refractivity contribution in [1.29, 1.82) is 0 Å². The number of nitrogens with one attached hydrogen (secondary N) is 1. The van der Waals surface area contributed by atoms with E-state index in [1.165, 1.54) is 46.1 Å². The van der Waals surface area contributed by atoms with Gasteiger partial charge in [-0.2, -0.15) is 0 Å². The second kappa shape index (κ2) is 3.99. The third-order valence-electron chi connectivity index (χ3n) is 4.11. The summed E-state index contributed by atoms with van der Waals surface area (Å²) in [6.07, 6.45) is 2.72. The molecule has 0 spiro atoms. The van der Waals surface area contributed by atoms with Crippen molar-refractivity contribution in [3.8, 4) is 11.3 Å². The average molecular weight is 247 g/mol. The molecule has 0 unspecified atom stereocenters. The van der Waals surface area contributed by atoms with Gasteiger partial charge in [0.1, 0.15) is 0 Å². The van der Waals surface area contributed by atoms with E-state index in [9.17, 15) is 0 Å². The Kier molecular flexibility index (Phi) is 2.28. The lowest BCUT2D eigenvalue weighted by Crippen LogP contribution is -1.85. The van der Waals surface area contributed by atoms with Crippen LogP contribution in [0, 0.1) is 6.92 Å². The molecule has 0 bridgehead atoms. The van der Waals surface area contributed by atoms with Crippen LogP contribution in [0.3, 0.4) is 0 Å². The number of aromatic nitrogens is 1. The average Bonchev–Trinajstić information content (AvgIpc) is 3.19. The summed E-state index contributed by atoms with van der Waals surface area (Å²) in [5.74, 6) is 0.813. The molecule has 94 valence electrons. The predicted octanol–water partition coefficient (Wildman–Crippen LogP) is 5.02. The zero-order valence-electron chi connectivity index (χ0n) is 11.1. The summed E-state index contributed by atoms with van der Waals surface area (Å²) >= 11 is 0. The maximum absolute atomic E-state index is 3.56. The van der Waals surface area contributed by atoms with Crippen molar-refractivity contribution >= 4 is 10.9 Å². The molecule has 0 aliphatic heterocycles. The molecule has 0 radical (unpaired) electrons. The Hall–Kier alpha value is -2.02. The Morgan fingerprint density at radius 3 is 2.53 bits per heavy atom. The lowest BCUT2D eigenvalue weighted by molar-refractivity contribution is 1.10. The first-order chi connectivity index (χ1) is 9.31. The summed E-state index contributed by atoms with van der Waals surface area (Å²) in [5, 5.41) is 1.32. The summed E-state index contributed by atoms with van der Waals surface area (Å²) in [6.45, 7) is 2.24. The van der Waals surface area contributed by atoms with E-state index in [-0.39, 0.29) is 0 Å². The van der Waals surface area contributed by atoms with E-state index in [0.717, 1.165) is 5.92 Å². The highest BCUT2D eigenvalue weighted by molar-refractivity contribution is 5.87. The van der Waals surface area contributed by atoms with Crippen LogP contribution in [0.1, 0.15) is 29.9 Å². The highest BCUT2D eigenvalue weighted by atomic mass is 14.7. The normalized spacial score (nSPS) is 15.0. The van der Waals surface area contributed by atoms with Crippen LogP contribution >= 0.6 is 0 Å². The van der Waals surface area contributed by atoms with Gasteiger partial charge in [-0.3, -0.25) is 0 Å². The lowest BCUT2D eigenvalue weighted by Gasteiger charge is -2.03. The molecule has 1 aliphatic carbocycles. The quantitative estimate of drug-likeness (QED) is 0.654. The van der Waals surface area contributed by atoms with Crippen molar-refractivity contribution in [1.82, 2.24) is 4.98 Å². The van der Waals surface area contributed by atoms with Crippen molar-refractivity contribution in [2.45, 2.75) is 25.7 Å². The van der Waals surface area contributed by atoms with Crippen molar-refractivity contribution < 1.29 is 0 Å². The largest absolute Gasteiger partial charge is 0.355 e. The molecular weight excluding hydrogens is 230 g/mol. The summed E-state index contributed by atoms with van der Waals surface area (Å²) in [4.78, 5) is 3.56. The summed E-state index contributed by atoms with van der Waals surface area (Å²) in [5.41, 5.74) is 6.71. The molecule has 2 aromatic carbocycles. The first kappa shape index (κ1) is 10.9. The summed E-state index contributed by atoms with van der Waals surface area (Å²) in [7, 11) is 0. The van der Waals surface area contributed by atoms with Crippen molar-refractivity contribution in [2.24, 2.45) is 0 Å². The number of benzene rings is 2. The monoisotopic (exact) mass is 247 g/mol. The molecule has 4 rings (SSSR count). The minimum Gasteiger partial charge on any atom is -0.355 e. The smallest absolute Gasteiger partial charge is 0.0464 e. The van der Waals surface area contributed by atoms with Crippen LogP contribution in [0.5, 0.6) is 0 Å². The molecule has 3 aromatic rings. The Morgan fingerprint density at radius 1 is 1.00 bits per heavy atom. The van der Waals surface area contributed by atoms with Crippen LogP contribution in [0.25, 0.3) is 22.2 Å². The van der Waals surface area contributed by atoms with E-state index in [4.69, 9.17) is 0 Å².